The first kappa shape index (κ1) is 14.9. The zero-order chi connectivity index (χ0) is 16.7. The lowest BCUT2D eigenvalue weighted by Gasteiger charge is -2.09. The third-order valence-corrected chi connectivity index (χ3v) is 4.90. The van der Waals surface area contributed by atoms with E-state index in [-0.39, 0.29) is 0 Å². The molecule has 2 aromatic carbocycles. The number of nitrogens with zero attached hydrogens (tertiary/aromatic N) is 4. The lowest BCUT2D eigenvalue weighted by atomic mass is 10.2. The van der Waals surface area contributed by atoms with E-state index in [0.717, 1.165) is 10.1 Å². The highest BCUT2D eigenvalue weighted by atomic mass is 79.9. The molecule has 0 radical (unpaired) electrons. The number of hydrogen-bond acceptors (Lipinski definition) is 5. The number of halogens is 2. The van der Waals surface area contributed by atoms with E-state index >= 15 is 0 Å². The van der Waals surface area contributed by atoms with Crippen LogP contribution in [0.25, 0.3) is 26.0 Å². The highest BCUT2D eigenvalue weighted by Gasteiger charge is 2.15. The van der Waals surface area contributed by atoms with Gasteiger partial charge in [-0.1, -0.05) is 22.5 Å². The largest absolute Gasteiger partial charge is 0.351 e. The summed E-state index contributed by atoms with van der Waals surface area (Å²) in [6, 6.07) is 8.39. The smallest absolute Gasteiger partial charge is 0.330 e. The number of aromatic nitrogens is 3. The molecule has 4 rings (SSSR count). The van der Waals surface area contributed by atoms with E-state index in [2.05, 4.69) is 41.0 Å². The van der Waals surface area contributed by atoms with Gasteiger partial charge in [0.25, 0.3) is 0 Å². The summed E-state index contributed by atoms with van der Waals surface area (Å²) in [5.41, 5.74) is 1.72. The van der Waals surface area contributed by atoms with Crippen LogP contribution in [0.15, 0.2) is 41.1 Å². The minimum Gasteiger partial charge on any atom is -0.351 e. The number of hydrogen-bond donors (Lipinski definition) is 1. The van der Waals surface area contributed by atoms with Crippen LogP contribution < -0.4 is 5.32 Å². The van der Waals surface area contributed by atoms with Gasteiger partial charge < -0.3 is 10.2 Å². The third kappa shape index (κ3) is 2.48. The molecule has 0 aliphatic rings. The average molecular weight is 400 g/mol. The van der Waals surface area contributed by atoms with E-state index in [1.807, 2.05) is 12.1 Å². The first-order valence-corrected chi connectivity index (χ1v) is 8.40. The maximum absolute atomic E-state index is 14.1. The van der Waals surface area contributed by atoms with Gasteiger partial charge in [0.05, 0.1) is 21.3 Å². The Morgan fingerprint density at radius 2 is 2.00 bits per heavy atom. The van der Waals surface area contributed by atoms with Crippen LogP contribution in [-0.4, -0.2) is 15.0 Å². The van der Waals surface area contributed by atoms with E-state index < -0.39 is 5.82 Å². The maximum atomic E-state index is 14.1. The zero-order valence-corrected chi connectivity index (χ0v) is 14.3. The second-order valence-electron chi connectivity index (χ2n) is 4.89. The molecule has 4 aromatic rings. The Balaban J connectivity index is 1.94. The van der Waals surface area contributed by atoms with Gasteiger partial charge in [0, 0.05) is 4.47 Å². The van der Waals surface area contributed by atoms with Crippen molar-refractivity contribution in [1.29, 1.82) is 0 Å². The lowest BCUT2D eigenvalue weighted by molar-refractivity contribution is 0.631. The van der Waals surface area contributed by atoms with Gasteiger partial charge >= 0.3 is 5.13 Å². The molecule has 0 amide bonds. The molecule has 5 nitrogen and oxygen atoms in total. The SMILES string of the molecule is [C-]#[N+]c1nc2ccc3ncnc(Nc4ccc(Br)cc4F)c3c2s1. The first-order chi connectivity index (χ1) is 11.7. The Hall–Kier alpha value is -2.63. The Morgan fingerprint density at radius 1 is 1.17 bits per heavy atom. The molecule has 0 spiro atoms. The number of thiazole rings is 1. The van der Waals surface area contributed by atoms with Crippen molar-refractivity contribution < 1.29 is 4.39 Å². The molecule has 2 heterocycles. The van der Waals surface area contributed by atoms with Crippen molar-refractivity contribution in [3.8, 4) is 0 Å². The summed E-state index contributed by atoms with van der Waals surface area (Å²) in [5, 5.41) is 4.09. The fourth-order valence-electron chi connectivity index (χ4n) is 2.38. The summed E-state index contributed by atoms with van der Waals surface area (Å²) in [5.74, 6) is 0.0847. The summed E-state index contributed by atoms with van der Waals surface area (Å²) in [6.07, 6.45) is 1.42. The molecule has 0 unspecified atom stereocenters. The monoisotopic (exact) mass is 399 g/mol. The summed E-state index contributed by atoms with van der Waals surface area (Å²) in [6.45, 7) is 7.14. The number of fused-ring (bicyclic) bond motifs is 3. The van der Waals surface area contributed by atoms with Crippen molar-refractivity contribution in [3.63, 3.8) is 0 Å². The van der Waals surface area contributed by atoms with E-state index in [1.54, 1.807) is 12.1 Å². The van der Waals surface area contributed by atoms with Crippen molar-refractivity contribution >= 4 is 65.0 Å². The predicted octanol–water partition coefficient (Wildman–Crippen LogP) is 5.44. The molecule has 8 heteroatoms. The van der Waals surface area contributed by atoms with Crippen LogP contribution in [0.2, 0.25) is 0 Å². The summed E-state index contributed by atoms with van der Waals surface area (Å²) < 4.78 is 15.6. The Bertz CT molecular complexity index is 1130. The van der Waals surface area contributed by atoms with Crippen LogP contribution in [-0.2, 0) is 0 Å². The predicted molar refractivity (Wildman–Crippen MR) is 96.4 cm³/mol. The molecular formula is C16H7BrFN5S. The molecule has 0 aliphatic carbocycles. The number of rotatable bonds is 2. The first-order valence-electron chi connectivity index (χ1n) is 6.79. The number of benzene rings is 2. The molecule has 24 heavy (non-hydrogen) atoms. The summed E-state index contributed by atoms with van der Waals surface area (Å²) in [7, 11) is 0. The van der Waals surface area contributed by atoms with Crippen LogP contribution in [0.4, 0.5) is 21.0 Å². The van der Waals surface area contributed by atoms with Crippen LogP contribution in [0.3, 0.4) is 0 Å². The Kier molecular flexibility index (Phi) is 3.59. The minimum absolute atomic E-state index is 0.310. The molecule has 0 saturated carbocycles. The molecule has 0 atom stereocenters. The fourth-order valence-corrected chi connectivity index (χ4v) is 3.61. The van der Waals surface area contributed by atoms with Crippen LogP contribution in [0, 0.1) is 12.4 Å². The fraction of sp³-hybridized carbons (Fsp3) is 0. The van der Waals surface area contributed by atoms with Crippen molar-refractivity contribution in [2.24, 2.45) is 0 Å². The highest BCUT2D eigenvalue weighted by Crippen LogP contribution is 2.37. The molecule has 0 bridgehead atoms. The van der Waals surface area contributed by atoms with Gasteiger partial charge in [-0.2, -0.15) is 0 Å². The topological polar surface area (TPSA) is 55.1 Å². The highest BCUT2D eigenvalue weighted by molar-refractivity contribution is 9.10. The van der Waals surface area contributed by atoms with Crippen molar-refractivity contribution in [1.82, 2.24) is 15.0 Å². The minimum atomic E-state index is -0.394. The van der Waals surface area contributed by atoms with Gasteiger partial charge in [0.2, 0.25) is 0 Å². The lowest BCUT2D eigenvalue weighted by Crippen LogP contribution is -1.98. The van der Waals surface area contributed by atoms with Crippen molar-refractivity contribution in [2.75, 3.05) is 5.32 Å². The molecule has 0 fully saturated rings. The zero-order valence-electron chi connectivity index (χ0n) is 11.9. The quantitative estimate of drug-likeness (QED) is 0.456. The van der Waals surface area contributed by atoms with E-state index in [1.165, 1.54) is 23.7 Å². The Morgan fingerprint density at radius 3 is 2.79 bits per heavy atom. The van der Waals surface area contributed by atoms with Gasteiger partial charge in [-0.3, -0.25) is 0 Å². The van der Waals surface area contributed by atoms with Crippen molar-refractivity contribution in [2.45, 2.75) is 0 Å². The summed E-state index contributed by atoms with van der Waals surface area (Å²) in [4.78, 5) is 16.1. The van der Waals surface area contributed by atoms with Crippen LogP contribution in [0.5, 0.6) is 0 Å². The normalized spacial score (nSPS) is 10.9. The standard InChI is InChI=1S/C16H7BrFN5S/c1-19-16-23-12-5-4-11-13(14(12)24-16)15(21-7-20-11)22-10-3-2-8(17)6-9(10)18/h2-7H,(H,20,21,22). The molecule has 0 aliphatic heterocycles. The van der Waals surface area contributed by atoms with Crippen LogP contribution >= 0.6 is 27.3 Å². The van der Waals surface area contributed by atoms with E-state index in [0.29, 0.717) is 32.1 Å². The number of anilines is 2. The van der Waals surface area contributed by atoms with Gasteiger partial charge in [-0.25, -0.2) is 14.4 Å². The maximum Gasteiger partial charge on any atom is 0.330 e. The van der Waals surface area contributed by atoms with E-state index in [4.69, 9.17) is 6.57 Å². The molecule has 0 saturated heterocycles. The molecule has 2 aromatic heterocycles. The Labute approximate surface area is 148 Å². The van der Waals surface area contributed by atoms with Gasteiger partial charge in [0.15, 0.2) is 5.52 Å². The van der Waals surface area contributed by atoms with Gasteiger partial charge in [-0.15, -0.1) is 16.3 Å². The third-order valence-electron chi connectivity index (χ3n) is 3.42. The van der Waals surface area contributed by atoms with E-state index in [9.17, 15) is 4.39 Å². The molecular weight excluding hydrogens is 393 g/mol. The summed E-state index contributed by atoms with van der Waals surface area (Å²) >= 11 is 4.51. The average Bonchev–Trinajstić information content (AvgIpc) is 3.01. The number of nitrogens with one attached hydrogen (secondary N) is 1. The van der Waals surface area contributed by atoms with Crippen molar-refractivity contribution in [3.05, 3.63) is 58.4 Å². The second kappa shape index (κ2) is 5.78. The van der Waals surface area contributed by atoms with Crippen LogP contribution in [0.1, 0.15) is 0 Å². The molecule has 116 valence electrons. The molecule has 1 N–H and O–H groups in total. The second-order valence-corrected chi connectivity index (χ2v) is 6.78. The van der Waals surface area contributed by atoms with Gasteiger partial charge in [0.1, 0.15) is 18.0 Å². The van der Waals surface area contributed by atoms with Gasteiger partial charge in [-0.05, 0) is 30.3 Å².